The number of aryl methyl sites for hydroxylation is 1. The number of hydrogen-bond acceptors (Lipinski definition) is 8. The minimum Gasteiger partial charge on any atom is -0.404 e. The van der Waals surface area contributed by atoms with Crippen molar-refractivity contribution < 1.29 is 40.7 Å². The number of anilines is 1. The lowest BCUT2D eigenvalue weighted by molar-refractivity contribution is -0.274. The molecule has 0 radical (unpaired) electrons. The van der Waals surface area contributed by atoms with Gasteiger partial charge in [-0.05, 0) is 31.2 Å². The van der Waals surface area contributed by atoms with Gasteiger partial charge in [0.1, 0.15) is 11.4 Å². The van der Waals surface area contributed by atoms with Gasteiger partial charge in [-0.3, -0.25) is 19.9 Å². The summed E-state index contributed by atoms with van der Waals surface area (Å²) < 4.78 is 81.1. The van der Waals surface area contributed by atoms with E-state index in [1.807, 2.05) is 0 Å². The van der Waals surface area contributed by atoms with E-state index in [2.05, 4.69) is 36.5 Å². The third kappa shape index (κ3) is 6.02. The van der Waals surface area contributed by atoms with Crippen molar-refractivity contribution in [2.45, 2.75) is 19.5 Å². The number of hydrogen-bond donors (Lipinski definition) is 4. The number of rotatable bonds is 4. The van der Waals surface area contributed by atoms with Gasteiger partial charge in [-0.25, -0.2) is 10.5 Å². The predicted octanol–water partition coefficient (Wildman–Crippen LogP) is 3.17. The lowest BCUT2D eigenvalue weighted by Gasteiger charge is -2.18. The molecule has 4 N–H and O–H groups in total. The topological polar surface area (TPSA) is 120 Å². The maximum Gasteiger partial charge on any atom is 0.573 e. The molecule has 3 rings (SSSR count). The highest BCUT2D eigenvalue weighted by atomic mass is 35.5. The Labute approximate surface area is 197 Å². The highest BCUT2D eigenvalue weighted by Crippen LogP contribution is 2.39. The van der Waals surface area contributed by atoms with Crippen molar-refractivity contribution in [1.29, 1.82) is 0 Å². The molecule has 0 bridgehead atoms. The van der Waals surface area contributed by atoms with Gasteiger partial charge in [0.05, 0.1) is 21.8 Å². The molecule has 0 saturated heterocycles. The van der Waals surface area contributed by atoms with Gasteiger partial charge in [0.25, 0.3) is 11.8 Å². The van der Waals surface area contributed by atoms with Crippen LogP contribution in [0.15, 0.2) is 29.4 Å². The molecule has 0 spiro atoms. The van der Waals surface area contributed by atoms with Crippen LogP contribution in [0.4, 0.5) is 32.0 Å². The maximum absolute atomic E-state index is 12.9. The van der Waals surface area contributed by atoms with Crippen molar-refractivity contribution in [1.82, 2.24) is 26.4 Å². The van der Waals surface area contributed by atoms with Crippen molar-refractivity contribution in [3.8, 4) is 5.75 Å². The molecule has 188 valence electrons. The number of hydrazone groups is 1. The molecular weight excluding hydrogens is 512 g/mol. The van der Waals surface area contributed by atoms with Crippen molar-refractivity contribution in [2.75, 3.05) is 12.4 Å². The predicted molar refractivity (Wildman–Crippen MR) is 109 cm³/mol. The Balaban J connectivity index is 1.97. The number of halogens is 7. The van der Waals surface area contributed by atoms with Crippen molar-refractivity contribution in [3.05, 3.63) is 51.8 Å². The van der Waals surface area contributed by atoms with E-state index in [1.54, 1.807) is 0 Å². The van der Waals surface area contributed by atoms with Gasteiger partial charge in [-0.1, -0.05) is 11.6 Å². The van der Waals surface area contributed by atoms with E-state index >= 15 is 0 Å². The van der Waals surface area contributed by atoms with Gasteiger partial charge in [0.15, 0.2) is 5.75 Å². The number of nitrogens with zero attached hydrogens (tertiary/aromatic N) is 3. The summed E-state index contributed by atoms with van der Waals surface area (Å²) in [4.78, 5) is 28.6. The number of alkyl halides is 6. The van der Waals surface area contributed by atoms with Crippen LogP contribution in [0, 0.1) is 6.92 Å². The largest absolute Gasteiger partial charge is 0.573 e. The van der Waals surface area contributed by atoms with E-state index in [9.17, 15) is 35.9 Å². The second-order valence-corrected chi connectivity index (χ2v) is 7.18. The van der Waals surface area contributed by atoms with Crippen LogP contribution in [-0.2, 0) is 6.18 Å². The molecule has 1 aromatic heterocycles. The smallest absolute Gasteiger partial charge is 0.404 e. The van der Waals surface area contributed by atoms with Crippen LogP contribution in [-0.4, -0.2) is 41.2 Å². The maximum atomic E-state index is 12.9. The van der Waals surface area contributed by atoms with Crippen LogP contribution >= 0.6 is 11.6 Å². The van der Waals surface area contributed by atoms with Gasteiger partial charge in [0, 0.05) is 7.05 Å². The highest BCUT2D eigenvalue weighted by Gasteiger charge is 2.35. The molecule has 1 aromatic carbocycles. The lowest BCUT2D eigenvalue weighted by Crippen LogP contribution is -2.45. The fourth-order valence-corrected chi connectivity index (χ4v) is 3.05. The molecular formula is C18H14ClF6N7O3. The third-order valence-corrected chi connectivity index (χ3v) is 4.75. The van der Waals surface area contributed by atoms with Gasteiger partial charge < -0.3 is 10.1 Å². The van der Waals surface area contributed by atoms with E-state index in [-0.39, 0.29) is 22.8 Å². The molecule has 0 saturated carbocycles. The van der Waals surface area contributed by atoms with E-state index in [0.717, 1.165) is 25.1 Å². The van der Waals surface area contributed by atoms with Crippen molar-refractivity contribution in [2.24, 2.45) is 5.10 Å². The fourth-order valence-electron chi connectivity index (χ4n) is 2.76. The molecule has 17 heteroatoms. The first-order chi connectivity index (χ1) is 16.2. The Morgan fingerprint density at radius 3 is 2.20 bits per heavy atom. The Hall–Kier alpha value is -3.79. The van der Waals surface area contributed by atoms with E-state index in [4.69, 9.17) is 11.6 Å². The number of hydrazine groups is 2. The van der Waals surface area contributed by atoms with Gasteiger partial charge >= 0.3 is 12.5 Å². The molecule has 0 unspecified atom stereocenters. The van der Waals surface area contributed by atoms with Gasteiger partial charge in [-0.2, -0.15) is 13.2 Å². The van der Waals surface area contributed by atoms with Gasteiger partial charge in [-0.15, -0.1) is 23.8 Å². The van der Waals surface area contributed by atoms with E-state index in [1.165, 1.54) is 12.1 Å². The van der Waals surface area contributed by atoms with Crippen molar-refractivity contribution >= 4 is 35.1 Å². The molecule has 2 heterocycles. The molecule has 0 aliphatic carbocycles. The minimum absolute atomic E-state index is 0.0151. The van der Waals surface area contributed by atoms with Crippen LogP contribution in [0.5, 0.6) is 5.75 Å². The molecule has 1 aliphatic rings. The lowest BCUT2D eigenvalue weighted by atomic mass is 10.1. The first kappa shape index (κ1) is 25.8. The summed E-state index contributed by atoms with van der Waals surface area (Å²) in [6.45, 7) is 1.10. The van der Waals surface area contributed by atoms with Crippen molar-refractivity contribution in [3.63, 3.8) is 0 Å². The number of nitrogens with one attached hydrogen (secondary N) is 4. The standard InChI is InChI=1S/C18H14ClF6N7O3/c1-7-8(4-6-11(26-7)17(20,21)22)14(33)27-13-10(35-18(23,24)25)5-3-9(12(13)19)15(34)28-16-29-30-31-32(16)2/h3-6,30-31H,1-2H3,(H,27,33)(H,28,29,34). The van der Waals surface area contributed by atoms with Crippen LogP contribution in [0.25, 0.3) is 0 Å². The second-order valence-electron chi connectivity index (χ2n) is 6.80. The number of guanidine groups is 1. The van der Waals surface area contributed by atoms with Crippen LogP contribution < -0.4 is 26.4 Å². The summed E-state index contributed by atoms with van der Waals surface area (Å²) >= 11 is 6.14. The quantitative estimate of drug-likeness (QED) is 0.453. The van der Waals surface area contributed by atoms with E-state index in [0.29, 0.717) is 6.07 Å². The molecule has 1 aliphatic heterocycles. The van der Waals surface area contributed by atoms with Crippen LogP contribution in [0.3, 0.4) is 0 Å². The average Bonchev–Trinajstić information content (AvgIpc) is 3.13. The summed E-state index contributed by atoms with van der Waals surface area (Å²) in [5, 5.41) is 8.70. The van der Waals surface area contributed by atoms with Gasteiger partial charge in [0.2, 0.25) is 5.96 Å². The van der Waals surface area contributed by atoms with Crippen LogP contribution in [0.2, 0.25) is 5.02 Å². The normalized spacial score (nSPS) is 13.7. The molecule has 2 amide bonds. The second kappa shape index (κ2) is 9.46. The summed E-state index contributed by atoms with van der Waals surface area (Å²) in [6.07, 6.45) is -9.97. The number of aromatic nitrogens is 1. The zero-order chi connectivity index (χ0) is 26.1. The molecule has 2 aromatic rings. The third-order valence-electron chi connectivity index (χ3n) is 4.36. The van der Waals surface area contributed by atoms with Crippen LogP contribution in [0.1, 0.15) is 32.1 Å². The number of benzene rings is 1. The summed E-state index contributed by atoms with van der Waals surface area (Å²) in [5.74, 6) is -3.04. The fraction of sp³-hybridized carbons (Fsp3) is 0.222. The van der Waals surface area contributed by atoms with E-state index < -0.39 is 46.5 Å². The Kier molecular flexibility index (Phi) is 6.98. The molecule has 0 atom stereocenters. The molecule has 0 fully saturated rings. The first-order valence-electron chi connectivity index (χ1n) is 9.25. The number of ether oxygens (including phenoxy) is 1. The minimum atomic E-state index is -5.20. The first-order valence-corrected chi connectivity index (χ1v) is 9.63. The number of carbonyl (C=O) groups is 2. The molecule has 35 heavy (non-hydrogen) atoms. The average molecular weight is 526 g/mol. The Bertz CT molecular complexity index is 1200. The zero-order valence-electron chi connectivity index (χ0n) is 17.5. The number of carbonyl (C=O) groups excluding carboxylic acids is 2. The zero-order valence-corrected chi connectivity index (χ0v) is 18.3. The number of pyridine rings is 1. The summed E-state index contributed by atoms with van der Waals surface area (Å²) in [5.41, 5.74) is 1.70. The highest BCUT2D eigenvalue weighted by molar-refractivity contribution is 6.37. The summed E-state index contributed by atoms with van der Waals surface area (Å²) in [7, 11) is 1.48. The Morgan fingerprint density at radius 2 is 1.66 bits per heavy atom. The monoisotopic (exact) mass is 525 g/mol. The SMILES string of the molecule is Cc1nc(C(F)(F)F)ccc1C(=O)Nc1c(OC(F)(F)F)ccc(C(=O)NC2=NNNN2C)c1Cl. The number of amides is 2. The Morgan fingerprint density at radius 1 is 1.03 bits per heavy atom. The molecule has 10 nitrogen and oxygen atoms in total. The summed E-state index contributed by atoms with van der Waals surface area (Å²) in [6, 6.07) is 2.97.